The second kappa shape index (κ2) is 21.3. The Labute approximate surface area is 392 Å². The molecule has 2 atom stereocenters. The highest BCUT2D eigenvalue weighted by atomic mass is 35.5. The third-order valence-electron chi connectivity index (χ3n) is 8.21. The van der Waals surface area contributed by atoms with Gasteiger partial charge < -0.3 is 21.3 Å². The summed E-state index contributed by atoms with van der Waals surface area (Å²) in [6.45, 7) is 2.21. The molecule has 22 heteroatoms. The van der Waals surface area contributed by atoms with Gasteiger partial charge in [-0.05, 0) is 86.6 Å². The maximum atomic E-state index is 13.3. The molecule has 4 amide bonds. The number of benzene rings is 5. The van der Waals surface area contributed by atoms with Crippen molar-refractivity contribution >= 4 is 162 Å². The Morgan fingerprint density at radius 1 is 0.435 bits per heavy atom. The van der Waals surface area contributed by atoms with Crippen LogP contribution in [0.15, 0.2) is 105 Å². The molecular weight excluding hydrogens is 972 g/mol. The average molecular weight is 998 g/mol. The number of nitrogens with zero attached hydrogens (tertiary/aromatic N) is 4. The van der Waals surface area contributed by atoms with E-state index in [1.165, 1.54) is 72.8 Å². The van der Waals surface area contributed by atoms with Crippen molar-refractivity contribution in [3.8, 4) is 0 Å². The molecule has 0 aliphatic carbocycles. The first-order valence-corrected chi connectivity index (χ1v) is 20.4. The highest BCUT2D eigenvalue weighted by molar-refractivity contribution is 6.42. The van der Waals surface area contributed by atoms with Gasteiger partial charge in [-0.25, -0.2) is 0 Å². The monoisotopic (exact) mass is 994 g/mol. The molecule has 0 bridgehead atoms. The number of carbonyl (C=O) groups is 6. The molecule has 0 aliphatic rings. The van der Waals surface area contributed by atoms with Crippen LogP contribution in [-0.4, -0.2) is 47.3 Å². The molecule has 62 heavy (non-hydrogen) atoms. The zero-order chi connectivity index (χ0) is 45.4. The van der Waals surface area contributed by atoms with Crippen molar-refractivity contribution in [3.05, 3.63) is 136 Å². The van der Waals surface area contributed by atoms with E-state index in [0.29, 0.717) is 0 Å². The minimum atomic E-state index is -1.69. The van der Waals surface area contributed by atoms with Crippen molar-refractivity contribution in [2.45, 2.75) is 25.9 Å². The fourth-order valence-corrected chi connectivity index (χ4v) is 6.93. The lowest BCUT2D eigenvalue weighted by Crippen LogP contribution is -2.32. The van der Waals surface area contributed by atoms with Gasteiger partial charge in [0.25, 0.3) is 23.6 Å². The number of halogens is 8. The number of hydrogen-bond acceptors (Lipinski definition) is 10. The minimum Gasteiger partial charge on any atom is -0.322 e. The smallest absolute Gasteiger partial charge is 0.258 e. The van der Waals surface area contributed by atoms with Crippen LogP contribution in [0.1, 0.15) is 34.6 Å². The van der Waals surface area contributed by atoms with Gasteiger partial charge >= 0.3 is 0 Å². The Balaban J connectivity index is 1.27. The van der Waals surface area contributed by atoms with Gasteiger partial charge in [-0.3, -0.25) is 28.8 Å². The number of hydrogen-bond donors (Lipinski definition) is 4. The molecule has 5 aromatic carbocycles. The Kier molecular flexibility index (Phi) is 16.4. The first-order valence-electron chi connectivity index (χ1n) is 17.4. The van der Waals surface area contributed by atoms with Gasteiger partial charge in [0.15, 0.2) is 11.6 Å². The van der Waals surface area contributed by atoms with Crippen molar-refractivity contribution in [3.63, 3.8) is 0 Å². The van der Waals surface area contributed by atoms with E-state index in [0.717, 1.165) is 13.8 Å². The summed E-state index contributed by atoms with van der Waals surface area (Å²) in [5, 5.41) is 26.3. The van der Waals surface area contributed by atoms with E-state index in [2.05, 4.69) is 41.7 Å². The van der Waals surface area contributed by atoms with Crippen LogP contribution >= 0.6 is 92.8 Å². The van der Waals surface area contributed by atoms with E-state index in [1.54, 1.807) is 12.1 Å². The van der Waals surface area contributed by atoms with Gasteiger partial charge in [-0.15, -0.1) is 0 Å². The van der Waals surface area contributed by atoms with Crippen molar-refractivity contribution in [1.29, 1.82) is 0 Å². The minimum absolute atomic E-state index is 0.0345. The summed E-state index contributed by atoms with van der Waals surface area (Å²) in [6, 6.07) is 16.4. The third-order valence-corrected chi connectivity index (χ3v) is 10.8. The van der Waals surface area contributed by atoms with Crippen LogP contribution in [0.4, 0.5) is 34.1 Å². The van der Waals surface area contributed by atoms with Crippen LogP contribution in [0, 0.1) is 0 Å². The van der Waals surface area contributed by atoms with Gasteiger partial charge in [0.1, 0.15) is 0 Å². The molecule has 0 aliphatic heterocycles. The van der Waals surface area contributed by atoms with Gasteiger partial charge in [0.05, 0.1) is 85.4 Å². The molecular formula is C40H26Cl8N8O6. The number of anilines is 4. The lowest BCUT2D eigenvalue weighted by atomic mass is 10.1. The summed E-state index contributed by atoms with van der Waals surface area (Å²) in [5.74, 6) is -4.67. The number of ketones is 2. The maximum Gasteiger partial charge on any atom is 0.258 e. The van der Waals surface area contributed by atoms with Gasteiger partial charge in [-0.1, -0.05) is 105 Å². The molecule has 4 N–H and O–H groups in total. The topological polar surface area (TPSA) is 200 Å². The highest BCUT2D eigenvalue weighted by Crippen LogP contribution is 2.35. The number of rotatable bonds is 14. The molecule has 0 saturated carbocycles. The van der Waals surface area contributed by atoms with Crippen molar-refractivity contribution < 1.29 is 28.8 Å². The van der Waals surface area contributed by atoms with Crippen LogP contribution in [0.5, 0.6) is 0 Å². The molecule has 0 spiro atoms. The zero-order valence-electron chi connectivity index (χ0n) is 31.5. The van der Waals surface area contributed by atoms with Crippen LogP contribution < -0.4 is 21.3 Å². The summed E-state index contributed by atoms with van der Waals surface area (Å²) in [4.78, 5) is 77.7. The predicted octanol–water partition coefficient (Wildman–Crippen LogP) is 12.8. The van der Waals surface area contributed by atoms with E-state index in [1.807, 2.05) is 0 Å². The lowest BCUT2D eigenvalue weighted by molar-refractivity contribution is -0.127. The molecule has 0 saturated heterocycles. The molecule has 2 unspecified atom stereocenters. The number of nitrogens with one attached hydrogen (secondary N) is 4. The predicted molar refractivity (Wildman–Crippen MR) is 243 cm³/mol. The van der Waals surface area contributed by atoms with Crippen LogP contribution in [0.3, 0.4) is 0 Å². The fourth-order valence-electron chi connectivity index (χ4n) is 5.12. The van der Waals surface area contributed by atoms with Crippen molar-refractivity contribution in [2.75, 3.05) is 21.3 Å². The largest absolute Gasteiger partial charge is 0.322 e. The summed E-state index contributed by atoms with van der Waals surface area (Å²) in [6.07, 6.45) is 0. The second-order valence-electron chi connectivity index (χ2n) is 12.7. The van der Waals surface area contributed by atoms with E-state index in [9.17, 15) is 28.8 Å². The van der Waals surface area contributed by atoms with E-state index in [-0.39, 0.29) is 85.4 Å². The summed E-state index contributed by atoms with van der Waals surface area (Å²) in [5.41, 5.74) is 0.221. The highest BCUT2D eigenvalue weighted by Gasteiger charge is 2.27. The van der Waals surface area contributed by atoms with Crippen LogP contribution in [0.2, 0.25) is 40.2 Å². The molecule has 0 radical (unpaired) electrons. The van der Waals surface area contributed by atoms with Crippen LogP contribution in [0.25, 0.3) is 0 Å². The third kappa shape index (κ3) is 12.1. The number of carbonyl (C=O) groups excluding carboxylic acids is 6. The first-order chi connectivity index (χ1) is 29.3. The SMILES string of the molecule is CC(=O)C(N=Nc1ccc(Cl)c(C(=O)Nc2c(Cl)cccc2Cl)c1)C(=O)Nc1cc(Cl)c(NC(=O)C(N=Nc2ccc(Cl)c(C(=O)Nc3c(Cl)cccc3Cl)c2)C(C)=O)cc1Cl. The van der Waals surface area contributed by atoms with Crippen molar-refractivity contribution in [1.82, 2.24) is 0 Å². The summed E-state index contributed by atoms with van der Waals surface area (Å²) >= 11 is 50.0. The number of para-hydroxylation sites is 2. The fraction of sp³-hybridized carbons (Fsp3) is 0.100. The standard InChI is InChI=1S/C40H26Cl8N8O6/c1-17(57)33(55-53-19-9-11-23(41)21(13-19)37(59)51-35-25(43)5-3-6-26(35)44)39(61)49-31-15-30(48)32(16-29(31)47)50-40(62)34(18(2)58)56-54-20-10-12-24(42)22(14-20)38(60)52-36-27(45)7-4-8-28(36)46/h3-16,33-34H,1-2H3,(H,49,61)(H,50,62)(H,51,59)(H,52,60). The second-order valence-corrected chi connectivity index (χ2v) is 15.9. The molecule has 0 aromatic heterocycles. The average Bonchev–Trinajstić information content (AvgIpc) is 3.20. The number of azo groups is 2. The maximum absolute atomic E-state index is 13.3. The van der Waals surface area contributed by atoms with Crippen LogP contribution in [-0.2, 0) is 19.2 Å². The Bertz CT molecular complexity index is 2490. The molecule has 5 rings (SSSR count). The molecule has 0 heterocycles. The first kappa shape index (κ1) is 47.9. The quantitative estimate of drug-likeness (QED) is 0.0630. The van der Waals surface area contributed by atoms with Gasteiger partial charge in [0, 0.05) is 0 Å². The molecule has 14 nitrogen and oxygen atoms in total. The van der Waals surface area contributed by atoms with E-state index >= 15 is 0 Å². The Hall–Kier alpha value is -5.16. The summed E-state index contributed by atoms with van der Waals surface area (Å²) < 4.78 is 0. The molecule has 0 fully saturated rings. The Morgan fingerprint density at radius 3 is 1.10 bits per heavy atom. The molecule has 5 aromatic rings. The number of Topliss-reactive ketones (excluding diaryl/α,β-unsaturated/α-hetero) is 2. The van der Waals surface area contributed by atoms with E-state index in [4.69, 9.17) is 92.8 Å². The van der Waals surface area contributed by atoms with E-state index < -0.39 is 47.3 Å². The van der Waals surface area contributed by atoms with Crippen molar-refractivity contribution in [2.24, 2.45) is 20.5 Å². The summed E-state index contributed by atoms with van der Waals surface area (Å²) in [7, 11) is 0. The van der Waals surface area contributed by atoms with Gasteiger partial charge in [-0.2, -0.15) is 20.5 Å². The normalized spacial score (nSPS) is 12.2. The number of amides is 4. The zero-order valence-corrected chi connectivity index (χ0v) is 37.5. The lowest BCUT2D eigenvalue weighted by Gasteiger charge is -2.15. The Morgan fingerprint density at radius 2 is 0.774 bits per heavy atom. The molecule has 318 valence electrons. The van der Waals surface area contributed by atoms with Gasteiger partial charge in [0.2, 0.25) is 12.1 Å².